The molecular formula is C14H16N4O2S. The maximum atomic E-state index is 11.8. The minimum atomic E-state index is -0.419. The molecule has 0 spiro atoms. The van der Waals surface area contributed by atoms with E-state index in [0.717, 1.165) is 16.8 Å². The van der Waals surface area contributed by atoms with Crippen LogP contribution in [-0.2, 0) is 0 Å². The van der Waals surface area contributed by atoms with Gasteiger partial charge in [-0.05, 0) is 50.2 Å². The monoisotopic (exact) mass is 304 g/mol. The number of thiocarbonyl (C=S) groups is 1. The van der Waals surface area contributed by atoms with Gasteiger partial charge in [-0.15, -0.1) is 0 Å². The van der Waals surface area contributed by atoms with Crippen LogP contribution in [0.4, 0.5) is 5.69 Å². The Kier molecular flexibility index (Phi) is 4.54. The molecule has 1 amide bonds. The average Bonchev–Trinajstić information content (AvgIpc) is 2.87. The highest BCUT2D eigenvalue weighted by atomic mass is 32.1. The van der Waals surface area contributed by atoms with Crippen LogP contribution >= 0.6 is 12.2 Å². The third-order valence-corrected chi connectivity index (χ3v) is 3.00. The number of aromatic nitrogens is 1. The quantitative estimate of drug-likeness (QED) is 0.583. The van der Waals surface area contributed by atoms with Crippen LogP contribution in [0.15, 0.2) is 28.8 Å². The largest absolute Gasteiger partial charge is 0.361 e. The number of hydrazine groups is 1. The molecule has 0 fully saturated rings. The summed E-state index contributed by atoms with van der Waals surface area (Å²) in [5, 5.41) is 6.93. The second kappa shape index (κ2) is 6.36. The van der Waals surface area contributed by atoms with Crippen LogP contribution in [0.1, 0.15) is 27.4 Å². The molecule has 21 heavy (non-hydrogen) atoms. The first-order chi connectivity index (χ1) is 9.95. The number of nitrogens with one attached hydrogen (secondary N) is 3. The lowest BCUT2D eigenvalue weighted by Crippen LogP contribution is -2.43. The highest BCUT2D eigenvalue weighted by molar-refractivity contribution is 7.80. The van der Waals surface area contributed by atoms with E-state index in [9.17, 15) is 4.79 Å². The summed E-state index contributed by atoms with van der Waals surface area (Å²) < 4.78 is 4.83. The smallest absolute Gasteiger partial charge is 0.291 e. The lowest BCUT2D eigenvalue weighted by atomic mass is 10.1. The van der Waals surface area contributed by atoms with Crippen LogP contribution in [-0.4, -0.2) is 16.2 Å². The lowest BCUT2D eigenvalue weighted by Gasteiger charge is -2.13. The van der Waals surface area contributed by atoms with Gasteiger partial charge in [-0.2, -0.15) is 0 Å². The Bertz CT molecular complexity index is 681. The van der Waals surface area contributed by atoms with Crippen molar-refractivity contribution < 1.29 is 9.32 Å². The Morgan fingerprint density at radius 1 is 1.19 bits per heavy atom. The predicted octanol–water partition coefficient (Wildman–Crippen LogP) is 2.23. The van der Waals surface area contributed by atoms with Gasteiger partial charge in [-0.3, -0.25) is 15.6 Å². The van der Waals surface area contributed by atoms with Crippen molar-refractivity contribution in [3.63, 3.8) is 0 Å². The number of amides is 1. The Morgan fingerprint density at radius 2 is 1.95 bits per heavy atom. The van der Waals surface area contributed by atoms with Gasteiger partial charge >= 0.3 is 0 Å². The summed E-state index contributed by atoms with van der Waals surface area (Å²) >= 11 is 5.13. The van der Waals surface area contributed by atoms with Gasteiger partial charge in [0.2, 0.25) is 0 Å². The van der Waals surface area contributed by atoms with Gasteiger partial charge < -0.3 is 9.84 Å². The molecule has 2 rings (SSSR count). The van der Waals surface area contributed by atoms with Gasteiger partial charge in [-0.1, -0.05) is 17.3 Å². The number of nitrogens with zero attached hydrogens (tertiary/aromatic N) is 1. The number of rotatable bonds is 2. The zero-order valence-corrected chi connectivity index (χ0v) is 12.8. The predicted molar refractivity (Wildman–Crippen MR) is 84.0 cm³/mol. The molecule has 0 unspecified atom stereocenters. The average molecular weight is 304 g/mol. The van der Waals surface area contributed by atoms with Crippen molar-refractivity contribution in [2.45, 2.75) is 20.8 Å². The summed E-state index contributed by atoms with van der Waals surface area (Å²) in [6.45, 7) is 5.68. The van der Waals surface area contributed by atoms with Crippen LogP contribution in [0.5, 0.6) is 0 Å². The summed E-state index contributed by atoms with van der Waals surface area (Å²) in [5.74, 6) is 0.146. The van der Waals surface area contributed by atoms with Crippen LogP contribution in [0.2, 0.25) is 0 Å². The fraction of sp³-hybridized carbons (Fsp3) is 0.214. The van der Waals surface area contributed by atoms with E-state index in [1.54, 1.807) is 6.92 Å². The number of hydrogen-bond acceptors (Lipinski definition) is 4. The minimum Gasteiger partial charge on any atom is -0.361 e. The number of hydrogen-bond donors (Lipinski definition) is 3. The number of carbonyl (C=O) groups excluding carboxylic acids is 1. The first-order valence-electron chi connectivity index (χ1n) is 6.33. The number of carbonyl (C=O) groups is 1. The Balaban J connectivity index is 1.90. The van der Waals surface area contributed by atoms with E-state index in [1.807, 2.05) is 32.0 Å². The molecule has 0 bridgehead atoms. The molecule has 0 radical (unpaired) electrons. The number of aryl methyl sites for hydroxylation is 3. The fourth-order valence-corrected chi connectivity index (χ4v) is 1.84. The van der Waals surface area contributed by atoms with E-state index < -0.39 is 5.91 Å². The van der Waals surface area contributed by atoms with Gasteiger partial charge in [-0.25, -0.2) is 0 Å². The molecule has 0 aliphatic heterocycles. The normalized spacial score (nSPS) is 10.0. The molecular weight excluding hydrogens is 288 g/mol. The maximum Gasteiger partial charge on any atom is 0.291 e. The second-order valence-electron chi connectivity index (χ2n) is 4.67. The van der Waals surface area contributed by atoms with Gasteiger partial charge in [0.1, 0.15) is 5.76 Å². The Morgan fingerprint density at radius 3 is 2.62 bits per heavy atom. The summed E-state index contributed by atoms with van der Waals surface area (Å²) in [4.78, 5) is 11.8. The SMILES string of the molecule is Cc1ccc(C)c(NC(=S)NNC(=O)c2cc(C)on2)c1. The summed E-state index contributed by atoms with van der Waals surface area (Å²) in [5.41, 5.74) is 8.33. The molecule has 110 valence electrons. The third kappa shape index (κ3) is 4.03. The van der Waals surface area contributed by atoms with Crippen LogP contribution < -0.4 is 16.2 Å². The van der Waals surface area contributed by atoms with Crippen molar-refractivity contribution in [2.24, 2.45) is 0 Å². The molecule has 1 aromatic carbocycles. The Labute approximate surface area is 127 Å². The summed E-state index contributed by atoms with van der Waals surface area (Å²) in [6.07, 6.45) is 0. The van der Waals surface area contributed by atoms with Gasteiger partial charge in [0.15, 0.2) is 10.8 Å². The summed E-state index contributed by atoms with van der Waals surface area (Å²) in [7, 11) is 0. The van der Waals surface area contributed by atoms with Crippen LogP contribution in [0.3, 0.4) is 0 Å². The molecule has 0 saturated carbocycles. The highest BCUT2D eigenvalue weighted by Crippen LogP contribution is 2.15. The van der Waals surface area contributed by atoms with Crippen molar-refractivity contribution in [3.8, 4) is 0 Å². The van der Waals surface area contributed by atoms with Crippen molar-refractivity contribution >= 4 is 28.9 Å². The molecule has 1 aromatic heterocycles. The van der Waals surface area contributed by atoms with Gasteiger partial charge in [0, 0.05) is 11.8 Å². The summed E-state index contributed by atoms with van der Waals surface area (Å²) in [6, 6.07) is 7.53. The van der Waals surface area contributed by atoms with E-state index in [4.69, 9.17) is 16.7 Å². The fourth-order valence-electron chi connectivity index (χ4n) is 1.68. The van der Waals surface area contributed by atoms with Gasteiger partial charge in [0.25, 0.3) is 5.91 Å². The minimum absolute atomic E-state index is 0.189. The molecule has 1 heterocycles. The van der Waals surface area contributed by atoms with Crippen molar-refractivity contribution in [2.75, 3.05) is 5.32 Å². The van der Waals surface area contributed by atoms with Crippen molar-refractivity contribution in [3.05, 3.63) is 46.8 Å². The van der Waals surface area contributed by atoms with Crippen LogP contribution in [0, 0.1) is 20.8 Å². The highest BCUT2D eigenvalue weighted by Gasteiger charge is 2.11. The Hall–Kier alpha value is -2.41. The van der Waals surface area contributed by atoms with E-state index in [1.165, 1.54) is 6.07 Å². The van der Waals surface area contributed by atoms with E-state index in [-0.39, 0.29) is 10.8 Å². The molecule has 0 aliphatic rings. The topological polar surface area (TPSA) is 79.2 Å². The second-order valence-corrected chi connectivity index (χ2v) is 5.08. The molecule has 0 atom stereocenters. The zero-order chi connectivity index (χ0) is 15.4. The number of anilines is 1. The van der Waals surface area contributed by atoms with E-state index in [0.29, 0.717) is 5.76 Å². The van der Waals surface area contributed by atoms with E-state index in [2.05, 4.69) is 21.3 Å². The van der Waals surface area contributed by atoms with Crippen molar-refractivity contribution in [1.82, 2.24) is 16.0 Å². The molecule has 6 nitrogen and oxygen atoms in total. The molecule has 2 aromatic rings. The first-order valence-corrected chi connectivity index (χ1v) is 6.74. The third-order valence-electron chi connectivity index (χ3n) is 2.79. The molecule has 7 heteroatoms. The van der Waals surface area contributed by atoms with Gasteiger partial charge in [0.05, 0.1) is 0 Å². The molecule has 0 saturated heterocycles. The van der Waals surface area contributed by atoms with Crippen LogP contribution in [0.25, 0.3) is 0 Å². The first kappa shape index (κ1) is 15.0. The number of benzene rings is 1. The lowest BCUT2D eigenvalue weighted by molar-refractivity contribution is 0.0935. The van der Waals surface area contributed by atoms with E-state index >= 15 is 0 Å². The zero-order valence-electron chi connectivity index (χ0n) is 12.0. The van der Waals surface area contributed by atoms with Crippen molar-refractivity contribution in [1.29, 1.82) is 0 Å². The maximum absolute atomic E-state index is 11.8. The molecule has 3 N–H and O–H groups in total. The molecule has 0 aliphatic carbocycles. The standard InChI is InChI=1S/C14H16N4O2S/c1-8-4-5-9(2)11(6-8)15-14(21)17-16-13(19)12-7-10(3)20-18-12/h4-7H,1-3H3,(H,16,19)(H2,15,17,21).